The van der Waals surface area contributed by atoms with E-state index in [9.17, 15) is 4.79 Å². The van der Waals surface area contributed by atoms with Gasteiger partial charge in [0.15, 0.2) is 0 Å². The van der Waals surface area contributed by atoms with Gasteiger partial charge >= 0.3 is 0 Å². The Morgan fingerprint density at radius 2 is 1.57 bits per heavy atom. The standard InChI is InChI=1S/C25H20FN3O/c26-20-14-8-7-13-19(20)24-21-22(17-9-3-1-4-10-17)27-15-16-28-23(21)25(30)29(24)18-11-5-2-6-12-18/h1-14,24,28H,15-16H2/t24-/m0/s1. The molecule has 1 atom stereocenters. The molecule has 3 aromatic rings. The second-order valence-electron chi connectivity index (χ2n) is 7.25. The van der Waals surface area contributed by atoms with Crippen LogP contribution in [0, 0.1) is 5.82 Å². The van der Waals surface area contributed by atoms with Gasteiger partial charge in [-0.3, -0.25) is 14.7 Å². The minimum Gasteiger partial charge on any atom is -0.378 e. The van der Waals surface area contributed by atoms with Crippen LogP contribution in [0.25, 0.3) is 0 Å². The number of anilines is 1. The number of carbonyl (C=O) groups excluding carboxylic acids is 1. The van der Waals surface area contributed by atoms with Crippen LogP contribution in [0.4, 0.5) is 10.1 Å². The largest absolute Gasteiger partial charge is 0.378 e. The Labute approximate surface area is 174 Å². The molecule has 0 aliphatic carbocycles. The van der Waals surface area contributed by atoms with Gasteiger partial charge in [-0.2, -0.15) is 0 Å². The minimum atomic E-state index is -0.611. The molecule has 4 nitrogen and oxygen atoms in total. The topological polar surface area (TPSA) is 44.7 Å². The lowest BCUT2D eigenvalue weighted by Gasteiger charge is -2.28. The van der Waals surface area contributed by atoms with Gasteiger partial charge in [-0.15, -0.1) is 0 Å². The van der Waals surface area contributed by atoms with Crippen LogP contribution in [0.2, 0.25) is 0 Å². The van der Waals surface area contributed by atoms with E-state index >= 15 is 4.39 Å². The quantitative estimate of drug-likeness (QED) is 0.718. The third-order valence-corrected chi connectivity index (χ3v) is 5.45. The van der Waals surface area contributed by atoms with E-state index in [-0.39, 0.29) is 11.7 Å². The van der Waals surface area contributed by atoms with Gasteiger partial charge in [0, 0.05) is 28.9 Å². The predicted molar refractivity (Wildman–Crippen MR) is 116 cm³/mol. The van der Waals surface area contributed by atoms with Gasteiger partial charge in [-0.05, 0) is 18.2 Å². The SMILES string of the molecule is O=C1C2=C(C(c3ccccc3)=NCCN2)[C@H](c2ccccc2F)N1c1ccccc1. The zero-order valence-corrected chi connectivity index (χ0v) is 16.3. The number of para-hydroxylation sites is 1. The van der Waals surface area contributed by atoms with Gasteiger partial charge in [-0.1, -0.05) is 66.7 Å². The zero-order chi connectivity index (χ0) is 20.5. The predicted octanol–water partition coefficient (Wildman–Crippen LogP) is 4.26. The van der Waals surface area contributed by atoms with Crippen LogP contribution in [0.15, 0.2) is 101 Å². The molecule has 0 fully saturated rings. The molecule has 5 rings (SSSR count). The number of hydrogen-bond donors (Lipinski definition) is 1. The normalized spacial score (nSPS) is 18.6. The van der Waals surface area contributed by atoms with Crippen molar-refractivity contribution in [2.45, 2.75) is 6.04 Å². The first-order valence-corrected chi connectivity index (χ1v) is 9.97. The molecule has 0 radical (unpaired) electrons. The van der Waals surface area contributed by atoms with E-state index in [4.69, 9.17) is 4.99 Å². The summed E-state index contributed by atoms with van der Waals surface area (Å²) in [5, 5.41) is 3.26. The van der Waals surface area contributed by atoms with Gasteiger partial charge < -0.3 is 5.32 Å². The number of hydrogen-bond acceptors (Lipinski definition) is 3. The lowest BCUT2D eigenvalue weighted by atomic mass is 9.91. The van der Waals surface area contributed by atoms with E-state index < -0.39 is 6.04 Å². The molecule has 0 unspecified atom stereocenters. The summed E-state index contributed by atoms with van der Waals surface area (Å²) in [7, 11) is 0. The van der Waals surface area contributed by atoms with Crippen LogP contribution < -0.4 is 10.2 Å². The smallest absolute Gasteiger partial charge is 0.275 e. The van der Waals surface area contributed by atoms with Gasteiger partial charge in [0.1, 0.15) is 11.5 Å². The lowest BCUT2D eigenvalue weighted by Crippen LogP contribution is -2.34. The second kappa shape index (κ2) is 7.59. The van der Waals surface area contributed by atoms with Crippen molar-refractivity contribution in [1.29, 1.82) is 0 Å². The molecule has 1 amide bonds. The van der Waals surface area contributed by atoms with E-state index in [0.29, 0.717) is 24.4 Å². The molecule has 2 aliphatic rings. The van der Waals surface area contributed by atoms with Crippen molar-refractivity contribution >= 4 is 17.3 Å². The highest BCUT2D eigenvalue weighted by Crippen LogP contribution is 2.43. The number of nitrogens with one attached hydrogen (secondary N) is 1. The first kappa shape index (κ1) is 18.3. The molecule has 30 heavy (non-hydrogen) atoms. The van der Waals surface area contributed by atoms with Crippen LogP contribution >= 0.6 is 0 Å². The molecule has 0 saturated heterocycles. The molecule has 1 N–H and O–H groups in total. The van der Waals surface area contributed by atoms with Crippen molar-refractivity contribution < 1.29 is 9.18 Å². The maximum atomic E-state index is 15.0. The van der Waals surface area contributed by atoms with Crippen molar-refractivity contribution in [3.8, 4) is 0 Å². The van der Waals surface area contributed by atoms with E-state index in [0.717, 1.165) is 22.5 Å². The highest BCUT2D eigenvalue weighted by molar-refractivity contribution is 6.23. The van der Waals surface area contributed by atoms with E-state index in [2.05, 4.69) is 5.32 Å². The highest BCUT2D eigenvalue weighted by atomic mass is 19.1. The van der Waals surface area contributed by atoms with E-state index in [1.165, 1.54) is 6.07 Å². The molecular weight excluding hydrogens is 377 g/mol. The molecule has 0 bridgehead atoms. The first-order valence-electron chi connectivity index (χ1n) is 9.97. The van der Waals surface area contributed by atoms with E-state index in [1.807, 2.05) is 60.7 Å². The number of halogens is 1. The van der Waals surface area contributed by atoms with Crippen molar-refractivity contribution in [2.24, 2.45) is 4.99 Å². The van der Waals surface area contributed by atoms with Crippen LogP contribution in [-0.2, 0) is 4.79 Å². The Morgan fingerprint density at radius 3 is 2.30 bits per heavy atom. The van der Waals surface area contributed by atoms with Crippen LogP contribution in [-0.4, -0.2) is 24.7 Å². The fraction of sp³-hybridized carbons (Fsp3) is 0.120. The van der Waals surface area contributed by atoms with Gasteiger partial charge in [0.05, 0.1) is 18.3 Å². The number of benzene rings is 3. The summed E-state index contributed by atoms with van der Waals surface area (Å²) in [5.41, 5.74) is 4.03. The maximum Gasteiger partial charge on any atom is 0.275 e. The molecule has 2 heterocycles. The van der Waals surface area contributed by atoms with Crippen LogP contribution in [0.3, 0.4) is 0 Å². The lowest BCUT2D eigenvalue weighted by molar-refractivity contribution is -0.115. The fourth-order valence-corrected chi connectivity index (χ4v) is 4.16. The maximum absolute atomic E-state index is 15.0. The van der Waals surface area contributed by atoms with Crippen molar-refractivity contribution in [3.05, 3.63) is 113 Å². The van der Waals surface area contributed by atoms with Crippen molar-refractivity contribution in [1.82, 2.24) is 5.32 Å². The third kappa shape index (κ3) is 2.99. The highest BCUT2D eigenvalue weighted by Gasteiger charge is 2.44. The van der Waals surface area contributed by atoms with Crippen molar-refractivity contribution in [3.63, 3.8) is 0 Å². The van der Waals surface area contributed by atoms with Crippen LogP contribution in [0.1, 0.15) is 17.2 Å². The Bertz CT molecular complexity index is 1160. The number of nitrogens with zero attached hydrogens (tertiary/aromatic N) is 2. The molecule has 0 spiro atoms. The summed E-state index contributed by atoms with van der Waals surface area (Å²) < 4.78 is 15.0. The Hall–Kier alpha value is -3.73. The summed E-state index contributed by atoms with van der Waals surface area (Å²) in [4.78, 5) is 20.1. The third-order valence-electron chi connectivity index (χ3n) is 5.45. The minimum absolute atomic E-state index is 0.171. The summed E-state index contributed by atoms with van der Waals surface area (Å²) in [6.45, 7) is 1.09. The van der Waals surface area contributed by atoms with Crippen molar-refractivity contribution in [2.75, 3.05) is 18.0 Å². The fourth-order valence-electron chi connectivity index (χ4n) is 4.16. The average molecular weight is 397 g/mol. The number of aliphatic imine (C=N–C) groups is 1. The number of carbonyl (C=O) groups is 1. The molecular formula is C25H20FN3O. The monoisotopic (exact) mass is 397 g/mol. The number of rotatable bonds is 3. The molecule has 5 heteroatoms. The average Bonchev–Trinajstić information content (AvgIpc) is 2.93. The summed E-state index contributed by atoms with van der Waals surface area (Å²) in [5.74, 6) is -0.517. The van der Waals surface area contributed by atoms with E-state index in [1.54, 1.807) is 23.1 Å². The number of amides is 1. The first-order chi connectivity index (χ1) is 14.8. The Kier molecular flexibility index (Phi) is 4.64. The summed E-state index contributed by atoms with van der Waals surface area (Å²) in [6, 6.07) is 25.2. The molecule has 2 aliphatic heterocycles. The summed E-state index contributed by atoms with van der Waals surface area (Å²) >= 11 is 0. The molecule has 0 aromatic heterocycles. The molecule has 0 saturated carbocycles. The Morgan fingerprint density at radius 1 is 0.900 bits per heavy atom. The molecule has 3 aromatic carbocycles. The zero-order valence-electron chi connectivity index (χ0n) is 16.3. The van der Waals surface area contributed by atoms with Gasteiger partial charge in [-0.25, -0.2) is 4.39 Å². The van der Waals surface area contributed by atoms with Crippen LogP contribution in [0.5, 0.6) is 0 Å². The second-order valence-corrected chi connectivity index (χ2v) is 7.25. The molecule has 148 valence electrons. The Balaban J connectivity index is 1.76. The summed E-state index contributed by atoms with van der Waals surface area (Å²) in [6.07, 6.45) is 0. The van der Waals surface area contributed by atoms with Gasteiger partial charge in [0.25, 0.3) is 5.91 Å². The van der Waals surface area contributed by atoms with Gasteiger partial charge in [0.2, 0.25) is 0 Å².